The maximum absolute atomic E-state index is 13.1. The first kappa shape index (κ1) is 23.2. The van der Waals surface area contributed by atoms with E-state index < -0.39 is 39.8 Å². The molecule has 1 N–H and O–H groups in total. The van der Waals surface area contributed by atoms with Crippen molar-refractivity contribution in [2.24, 2.45) is 5.92 Å². The molecule has 3 atom stereocenters. The lowest BCUT2D eigenvalue weighted by Gasteiger charge is -2.24. The lowest BCUT2D eigenvalue weighted by Crippen LogP contribution is -2.38. The number of fused-ring (bicyclic) bond motifs is 1. The normalized spacial score (nSPS) is 20.2. The first-order valence-corrected chi connectivity index (χ1v) is 11.8. The van der Waals surface area contributed by atoms with Gasteiger partial charge in [0, 0.05) is 5.02 Å². The lowest BCUT2D eigenvalue weighted by molar-refractivity contribution is -0.157. The third-order valence-corrected chi connectivity index (χ3v) is 6.95. The summed E-state index contributed by atoms with van der Waals surface area (Å²) in [6.45, 7) is 5.32. The predicted octanol–water partition coefficient (Wildman–Crippen LogP) is 3.51. The molecule has 2 aromatic rings. The Bertz CT molecular complexity index is 1080. The van der Waals surface area contributed by atoms with Gasteiger partial charge in [-0.3, -0.25) is 9.59 Å². The Hall–Kier alpha value is -2.42. The molecule has 2 aromatic carbocycles. The van der Waals surface area contributed by atoms with Gasteiger partial charge in [-0.25, -0.2) is 13.1 Å². The third kappa shape index (κ3) is 4.61. The number of aryl methyl sites for hydroxylation is 1. The summed E-state index contributed by atoms with van der Waals surface area (Å²) in [6.07, 6.45) is 0. The highest BCUT2D eigenvalue weighted by Gasteiger charge is 2.52. The highest BCUT2D eigenvalue weighted by molar-refractivity contribution is 7.89. The average molecular weight is 466 g/mol. The van der Waals surface area contributed by atoms with Crippen LogP contribution in [0, 0.1) is 12.8 Å². The van der Waals surface area contributed by atoms with Gasteiger partial charge in [0.25, 0.3) is 0 Å². The van der Waals surface area contributed by atoms with Crippen LogP contribution in [0.5, 0.6) is 0 Å². The Balaban J connectivity index is 2.12. The van der Waals surface area contributed by atoms with Crippen LogP contribution >= 0.6 is 11.6 Å². The molecule has 0 fully saturated rings. The Morgan fingerprint density at radius 2 is 1.61 bits per heavy atom. The summed E-state index contributed by atoms with van der Waals surface area (Å²) in [5.74, 6) is -3.54. The smallest absolute Gasteiger partial charge is 0.314 e. The number of hydrogen-bond donors (Lipinski definition) is 1. The minimum Gasteiger partial charge on any atom is -0.466 e. The Morgan fingerprint density at radius 3 is 2.23 bits per heavy atom. The Kier molecular flexibility index (Phi) is 7.03. The van der Waals surface area contributed by atoms with E-state index in [1.807, 2.05) is 6.92 Å². The van der Waals surface area contributed by atoms with E-state index in [1.54, 1.807) is 44.2 Å². The van der Waals surface area contributed by atoms with Gasteiger partial charge < -0.3 is 9.47 Å². The molecule has 0 saturated carbocycles. The second-order valence-electron chi connectivity index (χ2n) is 7.16. The number of carbonyl (C=O) groups is 2. The standard InChI is InChI=1S/C22H24ClNO6S/c1-4-29-21(25)18-15-7-6-8-16(23)17(15)20(19(18)22(26)30-5-2)24-31(27,28)14-11-9-13(3)10-12-14/h6-12,18-20,24H,4-5H2,1-3H3/t18-,19-,20-/m1/s1. The highest BCUT2D eigenvalue weighted by atomic mass is 35.5. The van der Waals surface area contributed by atoms with Crippen molar-refractivity contribution in [3.8, 4) is 0 Å². The van der Waals surface area contributed by atoms with Gasteiger partial charge in [-0.1, -0.05) is 41.4 Å². The molecule has 0 radical (unpaired) electrons. The van der Waals surface area contributed by atoms with Crippen molar-refractivity contribution >= 4 is 33.6 Å². The lowest BCUT2D eigenvalue weighted by atomic mass is 9.91. The molecule has 1 aliphatic carbocycles. The fraction of sp³-hybridized carbons (Fsp3) is 0.364. The first-order valence-electron chi connectivity index (χ1n) is 9.91. The maximum atomic E-state index is 13.1. The van der Waals surface area contributed by atoms with Crippen LogP contribution < -0.4 is 4.72 Å². The van der Waals surface area contributed by atoms with Gasteiger partial charge in [0.05, 0.1) is 36.0 Å². The van der Waals surface area contributed by atoms with E-state index in [2.05, 4.69) is 4.72 Å². The molecular weight excluding hydrogens is 442 g/mol. The zero-order valence-electron chi connectivity index (χ0n) is 17.4. The van der Waals surface area contributed by atoms with E-state index in [0.717, 1.165) is 5.56 Å². The molecule has 3 rings (SSSR count). The second kappa shape index (κ2) is 9.38. The zero-order valence-corrected chi connectivity index (χ0v) is 19.0. The fourth-order valence-electron chi connectivity index (χ4n) is 3.82. The molecule has 0 spiro atoms. The first-order chi connectivity index (χ1) is 14.7. The fourth-order valence-corrected chi connectivity index (χ4v) is 5.35. The second-order valence-corrected chi connectivity index (χ2v) is 9.28. The number of ether oxygens (including phenoxy) is 2. The number of benzene rings is 2. The minimum absolute atomic E-state index is 0.0360. The van der Waals surface area contributed by atoms with Crippen LogP contribution in [0.1, 0.15) is 42.5 Å². The Morgan fingerprint density at radius 1 is 1.00 bits per heavy atom. The molecule has 0 unspecified atom stereocenters. The number of rotatable bonds is 7. The molecule has 1 aliphatic rings. The van der Waals surface area contributed by atoms with Gasteiger partial charge in [0.2, 0.25) is 10.0 Å². The number of hydrogen-bond acceptors (Lipinski definition) is 6. The van der Waals surface area contributed by atoms with Crippen LogP contribution in [0.3, 0.4) is 0 Å². The number of nitrogens with one attached hydrogen (secondary N) is 1. The summed E-state index contributed by atoms with van der Waals surface area (Å²) in [5, 5.41) is 0.246. The SMILES string of the molecule is CCOC(=O)[C@H]1[C@H](NS(=O)(=O)c2ccc(C)cc2)c2c(Cl)cccc2[C@H]1C(=O)OCC. The zero-order chi connectivity index (χ0) is 22.8. The van der Waals surface area contributed by atoms with Crippen LogP contribution in [-0.4, -0.2) is 33.6 Å². The van der Waals surface area contributed by atoms with Crippen LogP contribution in [0.25, 0.3) is 0 Å². The summed E-state index contributed by atoms with van der Waals surface area (Å²) < 4.78 is 39.2. The van der Waals surface area contributed by atoms with Crippen molar-refractivity contribution < 1.29 is 27.5 Å². The molecule has 0 aliphatic heterocycles. The molecular formula is C22H24ClNO6S. The predicted molar refractivity (Wildman–Crippen MR) is 115 cm³/mol. The van der Waals surface area contributed by atoms with E-state index in [0.29, 0.717) is 11.1 Å². The number of halogens is 1. The highest BCUT2D eigenvalue weighted by Crippen LogP contribution is 2.49. The van der Waals surface area contributed by atoms with Crippen molar-refractivity contribution in [1.29, 1.82) is 0 Å². The van der Waals surface area contributed by atoms with Crippen LogP contribution in [0.15, 0.2) is 47.4 Å². The molecule has 0 saturated heterocycles. The summed E-state index contributed by atoms with van der Waals surface area (Å²) in [4.78, 5) is 25.8. The average Bonchev–Trinajstić information content (AvgIpc) is 3.03. The summed E-state index contributed by atoms with van der Waals surface area (Å²) in [7, 11) is -4.03. The van der Waals surface area contributed by atoms with E-state index in [-0.39, 0.29) is 23.1 Å². The molecule has 0 amide bonds. The van der Waals surface area contributed by atoms with Gasteiger partial charge in [-0.15, -0.1) is 0 Å². The molecule has 0 bridgehead atoms. The summed E-state index contributed by atoms with van der Waals surface area (Å²) >= 11 is 6.42. The van der Waals surface area contributed by atoms with E-state index in [1.165, 1.54) is 12.1 Å². The van der Waals surface area contributed by atoms with Crippen molar-refractivity contribution in [3.63, 3.8) is 0 Å². The quantitative estimate of drug-likeness (QED) is 0.628. The number of sulfonamides is 1. The van der Waals surface area contributed by atoms with E-state index >= 15 is 0 Å². The van der Waals surface area contributed by atoms with Gasteiger partial charge in [0.1, 0.15) is 0 Å². The third-order valence-electron chi connectivity index (χ3n) is 5.16. The van der Waals surface area contributed by atoms with E-state index in [4.69, 9.17) is 21.1 Å². The minimum atomic E-state index is -4.03. The topological polar surface area (TPSA) is 98.8 Å². The van der Waals surface area contributed by atoms with Gasteiger partial charge >= 0.3 is 11.9 Å². The molecule has 0 aromatic heterocycles. The van der Waals surface area contributed by atoms with Crippen LogP contribution in [0.2, 0.25) is 5.02 Å². The van der Waals surface area contributed by atoms with Crippen molar-refractivity contribution in [2.45, 2.75) is 37.6 Å². The van der Waals surface area contributed by atoms with Gasteiger partial charge in [-0.05, 0) is 50.1 Å². The largest absolute Gasteiger partial charge is 0.466 e. The Labute approximate surface area is 186 Å². The number of esters is 2. The van der Waals surface area contributed by atoms with Crippen LogP contribution in [0.4, 0.5) is 0 Å². The van der Waals surface area contributed by atoms with Gasteiger partial charge in [-0.2, -0.15) is 0 Å². The van der Waals surface area contributed by atoms with Crippen molar-refractivity contribution in [1.82, 2.24) is 4.72 Å². The van der Waals surface area contributed by atoms with Crippen LogP contribution in [-0.2, 0) is 29.1 Å². The monoisotopic (exact) mass is 465 g/mol. The molecule has 0 heterocycles. The maximum Gasteiger partial charge on any atom is 0.314 e. The van der Waals surface area contributed by atoms with Crippen molar-refractivity contribution in [2.75, 3.05) is 13.2 Å². The molecule has 166 valence electrons. The number of carbonyl (C=O) groups excluding carboxylic acids is 2. The molecule has 7 nitrogen and oxygen atoms in total. The summed E-state index contributed by atoms with van der Waals surface area (Å²) in [6, 6.07) is 10.1. The molecule has 31 heavy (non-hydrogen) atoms. The van der Waals surface area contributed by atoms with Gasteiger partial charge in [0.15, 0.2) is 0 Å². The molecule has 9 heteroatoms. The van der Waals surface area contributed by atoms with Crippen molar-refractivity contribution in [3.05, 3.63) is 64.2 Å². The summed E-state index contributed by atoms with van der Waals surface area (Å²) in [5.41, 5.74) is 1.72. The van der Waals surface area contributed by atoms with E-state index in [9.17, 15) is 18.0 Å².